The molecule has 2 aliphatic rings. The van der Waals surface area contributed by atoms with Crippen molar-refractivity contribution in [3.63, 3.8) is 0 Å². The first-order valence-corrected chi connectivity index (χ1v) is 11.1. The molecule has 1 saturated carbocycles. The third-order valence-electron chi connectivity index (χ3n) is 6.62. The summed E-state index contributed by atoms with van der Waals surface area (Å²) in [6.45, 7) is 0. The molecule has 0 atom stereocenters. The number of amides is 1. The van der Waals surface area contributed by atoms with Gasteiger partial charge in [0.2, 0.25) is 5.91 Å². The molecule has 6 heteroatoms. The van der Waals surface area contributed by atoms with Gasteiger partial charge in [-0.25, -0.2) is 4.39 Å². The first kappa shape index (κ1) is 19.8. The zero-order valence-electron chi connectivity index (χ0n) is 17.4. The van der Waals surface area contributed by atoms with Crippen molar-refractivity contribution in [1.29, 1.82) is 0 Å². The topological polar surface area (TPSA) is 77.1 Å². The second-order valence-corrected chi connectivity index (χ2v) is 8.67. The molecule has 0 radical (unpaired) electrons. The molecule has 160 valence electrons. The SMILES string of the molecule is NC(=O)c1ccc(-c2c3n(c4cc(F)ccc24)C(=O)CCC3)cc1NC1CCCCC1. The maximum atomic E-state index is 14.0. The minimum atomic E-state index is -0.467. The quantitative estimate of drug-likeness (QED) is 0.605. The molecular formula is C25H26FN3O2. The molecule has 3 aromatic rings. The summed E-state index contributed by atoms with van der Waals surface area (Å²) in [5.74, 6) is -0.829. The molecule has 1 aliphatic heterocycles. The van der Waals surface area contributed by atoms with Gasteiger partial charge in [0.05, 0.1) is 11.1 Å². The maximum absolute atomic E-state index is 14.0. The van der Waals surface area contributed by atoms with Crippen molar-refractivity contribution in [3.8, 4) is 11.1 Å². The van der Waals surface area contributed by atoms with E-state index in [-0.39, 0.29) is 11.7 Å². The molecule has 3 N–H and O–H groups in total. The normalized spacial score (nSPS) is 17.0. The molecule has 0 saturated heterocycles. The highest BCUT2D eigenvalue weighted by atomic mass is 19.1. The summed E-state index contributed by atoms with van der Waals surface area (Å²) >= 11 is 0. The van der Waals surface area contributed by atoms with Crippen LogP contribution < -0.4 is 11.1 Å². The Kier molecular flexibility index (Phi) is 5.00. The van der Waals surface area contributed by atoms with Crippen molar-refractivity contribution in [2.45, 2.75) is 57.4 Å². The largest absolute Gasteiger partial charge is 0.382 e. The number of nitrogens with zero attached hydrogens (tertiary/aromatic N) is 1. The fraction of sp³-hybridized carbons (Fsp3) is 0.360. The summed E-state index contributed by atoms with van der Waals surface area (Å²) < 4.78 is 15.7. The van der Waals surface area contributed by atoms with Gasteiger partial charge in [-0.2, -0.15) is 0 Å². The van der Waals surface area contributed by atoms with Gasteiger partial charge in [0.1, 0.15) is 5.82 Å². The fourth-order valence-corrected chi connectivity index (χ4v) is 5.18. The van der Waals surface area contributed by atoms with E-state index >= 15 is 0 Å². The van der Waals surface area contributed by atoms with E-state index in [1.165, 1.54) is 31.4 Å². The smallest absolute Gasteiger partial charge is 0.250 e. The van der Waals surface area contributed by atoms with E-state index in [4.69, 9.17) is 5.73 Å². The van der Waals surface area contributed by atoms with Gasteiger partial charge in [-0.05, 0) is 61.6 Å². The van der Waals surface area contributed by atoms with Crippen LogP contribution >= 0.6 is 0 Å². The number of nitrogens with two attached hydrogens (primary N) is 1. The average molecular weight is 420 g/mol. The molecule has 0 unspecified atom stereocenters. The van der Waals surface area contributed by atoms with E-state index in [0.717, 1.165) is 53.6 Å². The second kappa shape index (κ2) is 7.84. The van der Waals surface area contributed by atoms with Crippen LogP contribution in [0.2, 0.25) is 0 Å². The minimum absolute atomic E-state index is 0.00240. The summed E-state index contributed by atoms with van der Waals surface area (Å²) in [6.07, 6.45) is 7.72. The summed E-state index contributed by atoms with van der Waals surface area (Å²) in [7, 11) is 0. The van der Waals surface area contributed by atoms with Crippen LogP contribution in [-0.4, -0.2) is 22.4 Å². The number of nitrogens with one attached hydrogen (secondary N) is 1. The predicted molar refractivity (Wildman–Crippen MR) is 120 cm³/mol. The van der Waals surface area contributed by atoms with Crippen LogP contribution in [0.15, 0.2) is 36.4 Å². The standard InChI is InChI=1S/C25H26FN3O2/c26-16-10-12-19-22(14-16)29-21(7-4-8-23(29)30)24(19)15-9-11-18(25(27)31)20(13-15)28-17-5-2-1-3-6-17/h9-14,17,28H,1-8H2,(H2,27,31). The Morgan fingerprint density at radius 2 is 1.84 bits per heavy atom. The highest BCUT2D eigenvalue weighted by molar-refractivity contribution is 6.06. The van der Waals surface area contributed by atoms with Crippen LogP contribution in [0.3, 0.4) is 0 Å². The number of fused-ring (bicyclic) bond motifs is 3. The van der Waals surface area contributed by atoms with Crippen molar-refractivity contribution in [3.05, 3.63) is 53.5 Å². The van der Waals surface area contributed by atoms with Gasteiger partial charge in [-0.1, -0.05) is 25.3 Å². The lowest BCUT2D eigenvalue weighted by Crippen LogP contribution is -2.24. The van der Waals surface area contributed by atoms with Crippen LogP contribution in [0.4, 0.5) is 10.1 Å². The molecule has 2 aromatic carbocycles. The van der Waals surface area contributed by atoms with Crippen LogP contribution in [0.5, 0.6) is 0 Å². The Morgan fingerprint density at radius 3 is 2.61 bits per heavy atom. The van der Waals surface area contributed by atoms with Gasteiger partial charge in [0.25, 0.3) is 5.91 Å². The molecule has 2 heterocycles. The number of primary amides is 1. The van der Waals surface area contributed by atoms with E-state index in [2.05, 4.69) is 5.32 Å². The number of hydrogen-bond acceptors (Lipinski definition) is 3. The molecule has 1 aliphatic carbocycles. The van der Waals surface area contributed by atoms with Crippen molar-refractivity contribution in [1.82, 2.24) is 4.57 Å². The number of aromatic nitrogens is 1. The summed E-state index contributed by atoms with van der Waals surface area (Å²) in [5.41, 5.74) is 10.2. The van der Waals surface area contributed by atoms with Crippen molar-refractivity contribution < 1.29 is 14.0 Å². The molecular weight excluding hydrogens is 393 g/mol. The lowest BCUT2D eigenvalue weighted by molar-refractivity contribution is 0.0889. The van der Waals surface area contributed by atoms with Crippen LogP contribution in [0.25, 0.3) is 22.0 Å². The Bertz CT molecular complexity index is 1190. The first-order chi connectivity index (χ1) is 15.0. The molecule has 1 fully saturated rings. The number of halogens is 1. The Hall–Kier alpha value is -3.15. The zero-order chi connectivity index (χ0) is 21.5. The number of anilines is 1. The van der Waals surface area contributed by atoms with Gasteiger partial charge >= 0.3 is 0 Å². The molecule has 1 aromatic heterocycles. The van der Waals surface area contributed by atoms with E-state index in [1.54, 1.807) is 16.7 Å². The third kappa shape index (κ3) is 3.50. The Balaban J connectivity index is 1.67. The van der Waals surface area contributed by atoms with Crippen molar-refractivity contribution in [2.24, 2.45) is 5.73 Å². The van der Waals surface area contributed by atoms with Crippen LogP contribution in [-0.2, 0) is 6.42 Å². The lowest BCUT2D eigenvalue weighted by atomic mass is 9.93. The van der Waals surface area contributed by atoms with Gasteiger partial charge < -0.3 is 11.1 Å². The molecule has 5 nitrogen and oxygen atoms in total. The maximum Gasteiger partial charge on any atom is 0.250 e. The van der Waals surface area contributed by atoms with E-state index < -0.39 is 5.91 Å². The highest BCUT2D eigenvalue weighted by Crippen LogP contribution is 2.40. The summed E-state index contributed by atoms with van der Waals surface area (Å²) in [6, 6.07) is 10.5. The lowest BCUT2D eigenvalue weighted by Gasteiger charge is -2.25. The predicted octanol–water partition coefficient (Wildman–Crippen LogP) is 5.27. The number of carbonyl (C=O) groups is 2. The Labute approximate surface area is 180 Å². The second-order valence-electron chi connectivity index (χ2n) is 8.67. The van der Waals surface area contributed by atoms with E-state index in [1.807, 2.05) is 12.1 Å². The Morgan fingerprint density at radius 1 is 1.03 bits per heavy atom. The number of rotatable bonds is 4. The zero-order valence-corrected chi connectivity index (χ0v) is 17.4. The van der Waals surface area contributed by atoms with Gasteiger partial charge in [0, 0.05) is 34.8 Å². The van der Waals surface area contributed by atoms with E-state index in [9.17, 15) is 14.0 Å². The minimum Gasteiger partial charge on any atom is -0.382 e. The summed E-state index contributed by atoms with van der Waals surface area (Å²) in [4.78, 5) is 24.8. The number of hydrogen-bond donors (Lipinski definition) is 2. The highest BCUT2D eigenvalue weighted by Gasteiger charge is 2.26. The van der Waals surface area contributed by atoms with Gasteiger partial charge in [0.15, 0.2) is 0 Å². The van der Waals surface area contributed by atoms with Gasteiger partial charge in [-0.15, -0.1) is 0 Å². The van der Waals surface area contributed by atoms with Crippen molar-refractivity contribution in [2.75, 3.05) is 5.32 Å². The molecule has 0 spiro atoms. The fourth-order valence-electron chi connectivity index (χ4n) is 5.18. The average Bonchev–Trinajstić information content (AvgIpc) is 3.09. The monoisotopic (exact) mass is 419 g/mol. The van der Waals surface area contributed by atoms with Crippen LogP contribution in [0, 0.1) is 5.82 Å². The number of carbonyl (C=O) groups excluding carboxylic acids is 2. The molecule has 31 heavy (non-hydrogen) atoms. The third-order valence-corrected chi connectivity index (χ3v) is 6.62. The molecule has 1 amide bonds. The van der Waals surface area contributed by atoms with Crippen molar-refractivity contribution >= 4 is 28.4 Å². The molecule has 5 rings (SSSR count). The van der Waals surface area contributed by atoms with Crippen LogP contribution in [0.1, 0.15) is 65.8 Å². The summed E-state index contributed by atoms with van der Waals surface area (Å²) in [5, 5.41) is 4.39. The van der Waals surface area contributed by atoms with Gasteiger partial charge in [-0.3, -0.25) is 14.2 Å². The molecule has 0 bridgehead atoms. The van der Waals surface area contributed by atoms with E-state index in [0.29, 0.717) is 23.5 Å². The number of benzene rings is 2. The first-order valence-electron chi connectivity index (χ1n) is 11.1.